The molecule has 0 heterocycles. The molecule has 0 aliphatic rings. The van der Waals surface area contributed by atoms with Crippen molar-refractivity contribution in [3.8, 4) is 0 Å². The van der Waals surface area contributed by atoms with Crippen LogP contribution < -0.4 is 10.6 Å². The number of amides is 2. The fraction of sp³-hybridized carbons (Fsp3) is 0.467. The van der Waals surface area contributed by atoms with E-state index in [0.29, 0.717) is 18.7 Å². The Morgan fingerprint density at radius 3 is 2.60 bits per heavy atom. The van der Waals surface area contributed by atoms with Crippen LogP contribution in [0.1, 0.15) is 24.5 Å². The Morgan fingerprint density at radius 1 is 1.25 bits per heavy atom. The van der Waals surface area contributed by atoms with Crippen LogP contribution in [0.25, 0.3) is 0 Å². The van der Waals surface area contributed by atoms with Gasteiger partial charge in [-0.2, -0.15) is 0 Å². The average molecular weight is 278 g/mol. The number of aliphatic hydroxyl groups is 1. The Hall–Kier alpha value is -1.88. The first-order valence-corrected chi connectivity index (χ1v) is 6.72. The average Bonchev–Trinajstić information content (AvgIpc) is 2.41. The summed E-state index contributed by atoms with van der Waals surface area (Å²) in [6, 6.07) is 5.54. The van der Waals surface area contributed by atoms with Crippen LogP contribution in [0.2, 0.25) is 0 Å². The molecular formula is C15H22N2O3. The molecule has 0 radical (unpaired) electrons. The lowest BCUT2D eigenvalue weighted by Gasteiger charge is -2.12. The smallest absolute Gasteiger partial charge is 0.313 e. The fourth-order valence-corrected chi connectivity index (χ4v) is 1.74. The molecule has 5 heteroatoms. The Labute approximate surface area is 119 Å². The van der Waals surface area contributed by atoms with Crippen LogP contribution in [0.15, 0.2) is 18.2 Å². The van der Waals surface area contributed by atoms with Gasteiger partial charge in [0.2, 0.25) is 0 Å². The third-order valence-corrected chi connectivity index (χ3v) is 3.29. The molecule has 0 saturated carbocycles. The van der Waals surface area contributed by atoms with Crippen molar-refractivity contribution in [3.05, 3.63) is 29.3 Å². The standard InChI is InChI=1S/C15H22N2O3/c1-10(7-8-18)9-16-14(19)15(20)17-13-6-4-5-11(2)12(13)3/h4-6,10,18H,7-9H2,1-3H3,(H,16,19)(H,17,20). The summed E-state index contributed by atoms with van der Waals surface area (Å²) in [5, 5.41) is 13.9. The molecule has 0 fully saturated rings. The third kappa shape index (κ3) is 4.66. The van der Waals surface area contributed by atoms with Crippen molar-refractivity contribution >= 4 is 17.5 Å². The Balaban J connectivity index is 2.54. The molecule has 0 aliphatic carbocycles. The largest absolute Gasteiger partial charge is 0.396 e. The van der Waals surface area contributed by atoms with E-state index in [1.165, 1.54) is 0 Å². The minimum Gasteiger partial charge on any atom is -0.396 e. The summed E-state index contributed by atoms with van der Waals surface area (Å²) in [4.78, 5) is 23.4. The molecule has 1 rings (SSSR count). The zero-order valence-electron chi connectivity index (χ0n) is 12.2. The van der Waals surface area contributed by atoms with Crippen molar-refractivity contribution in [1.29, 1.82) is 0 Å². The first kappa shape index (κ1) is 16.2. The zero-order chi connectivity index (χ0) is 15.1. The Kier molecular flexibility index (Phi) is 6.18. The molecule has 0 spiro atoms. The lowest BCUT2D eigenvalue weighted by molar-refractivity contribution is -0.136. The normalized spacial score (nSPS) is 11.8. The summed E-state index contributed by atoms with van der Waals surface area (Å²) < 4.78 is 0. The first-order valence-electron chi connectivity index (χ1n) is 6.72. The van der Waals surface area contributed by atoms with E-state index in [9.17, 15) is 9.59 Å². The molecule has 110 valence electrons. The number of nitrogens with one attached hydrogen (secondary N) is 2. The number of hydrogen-bond donors (Lipinski definition) is 3. The maximum Gasteiger partial charge on any atom is 0.313 e. The molecule has 0 bridgehead atoms. The van der Waals surface area contributed by atoms with Crippen molar-refractivity contribution in [2.75, 3.05) is 18.5 Å². The molecule has 0 aliphatic heterocycles. The second-order valence-corrected chi connectivity index (χ2v) is 5.03. The van der Waals surface area contributed by atoms with E-state index >= 15 is 0 Å². The molecule has 0 saturated heterocycles. The predicted octanol–water partition coefficient (Wildman–Crippen LogP) is 1.38. The SMILES string of the molecule is Cc1cccc(NC(=O)C(=O)NCC(C)CCO)c1C. The van der Waals surface area contributed by atoms with Gasteiger partial charge in [0, 0.05) is 18.8 Å². The van der Waals surface area contributed by atoms with Gasteiger partial charge >= 0.3 is 11.8 Å². The summed E-state index contributed by atoms with van der Waals surface area (Å²) in [6.45, 7) is 6.19. The van der Waals surface area contributed by atoms with E-state index in [-0.39, 0.29) is 12.5 Å². The van der Waals surface area contributed by atoms with Crippen LogP contribution in [0.4, 0.5) is 5.69 Å². The van der Waals surface area contributed by atoms with Crippen LogP contribution >= 0.6 is 0 Å². The first-order chi connectivity index (χ1) is 9.45. The molecule has 1 unspecified atom stereocenters. The van der Waals surface area contributed by atoms with Crippen molar-refractivity contribution in [3.63, 3.8) is 0 Å². The number of carbonyl (C=O) groups is 2. The van der Waals surface area contributed by atoms with Gasteiger partial charge in [-0.1, -0.05) is 19.1 Å². The van der Waals surface area contributed by atoms with E-state index < -0.39 is 11.8 Å². The fourth-order valence-electron chi connectivity index (χ4n) is 1.74. The van der Waals surface area contributed by atoms with Gasteiger partial charge in [-0.05, 0) is 43.4 Å². The molecule has 1 aromatic rings. The summed E-state index contributed by atoms with van der Waals surface area (Å²) in [6.07, 6.45) is 0.596. The van der Waals surface area contributed by atoms with Crippen LogP contribution in [0.5, 0.6) is 0 Å². The highest BCUT2D eigenvalue weighted by molar-refractivity contribution is 6.39. The van der Waals surface area contributed by atoms with E-state index in [1.54, 1.807) is 6.07 Å². The highest BCUT2D eigenvalue weighted by Crippen LogP contribution is 2.17. The summed E-state index contributed by atoms with van der Waals surface area (Å²) in [5.41, 5.74) is 2.65. The van der Waals surface area contributed by atoms with E-state index in [4.69, 9.17) is 5.11 Å². The monoisotopic (exact) mass is 278 g/mol. The number of rotatable bonds is 5. The van der Waals surface area contributed by atoms with E-state index in [0.717, 1.165) is 11.1 Å². The maximum absolute atomic E-state index is 11.8. The van der Waals surface area contributed by atoms with Gasteiger partial charge in [0.15, 0.2) is 0 Å². The van der Waals surface area contributed by atoms with E-state index in [2.05, 4.69) is 10.6 Å². The Morgan fingerprint density at radius 2 is 1.95 bits per heavy atom. The molecule has 20 heavy (non-hydrogen) atoms. The van der Waals surface area contributed by atoms with Crippen molar-refractivity contribution in [1.82, 2.24) is 5.32 Å². The summed E-state index contributed by atoms with van der Waals surface area (Å²) in [7, 11) is 0. The van der Waals surface area contributed by atoms with Crippen LogP contribution in [0.3, 0.4) is 0 Å². The quantitative estimate of drug-likeness (QED) is 0.712. The van der Waals surface area contributed by atoms with Gasteiger partial charge in [-0.25, -0.2) is 0 Å². The second-order valence-electron chi connectivity index (χ2n) is 5.03. The van der Waals surface area contributed by atoms with Gasteiger partial charge in [-0.15, -0.1) is 0 Å². The lowest BCUT2D eigenvalue weighted by atomic mass is 10.1. The number of anilines is 1. The van der Waals surface area contributed by atoms with Crippen LogP contribution in [-0.2, 0) is 9.59 Å². The predicted molar refractivity (Wildman–Crippen MR) is 78.4 cm³/mol. The highest BCUT2D eigenvalue weighted by Gasteiger charge is 2.15. The zero-order valence-corrected chi connectivity index (χ0v) is 12.2. The van der Waals surface area contributed by atoms with Crippen molar-refractivity contribution < 1.29 is 14.7 Å². The van der Waals surface area contributed by atoms with Crippen molar-refractivity contribution in [2.24, 2.45) is 5.92 Å². The molecule has 5 nitrogen and oxygen atoms in total. The number of carbonyl (C=O) groups excluding carboxylic acids is 2. The van der Waals surface area contributed by atoms with Gasteiger partial charge < -0.3 is 15.7 Å². The second kappa shape index (κ2) is 7.65. The van der Waals surface area contributed by atoms with Gasteiger partial charge in [0.1, 0.15) is 0 Å². The molecule has 2 amide bonds. The highest BCUT2D eigenvalue weighted by atomic mass is 16.3. The number of aliphatic hydroxyl groups excluding tert-OH is 1. The molecule has 3 N–H and O–H groups in total. The molecule has 1 atom stereocenters. The number of benzene rings is 1. The third-order valence-electron chi connectivity index (χ3n) is 3.29. The lowest BCUT2D eigenvalue weighted by Crippen LogP contribution is -2.37. The molecule has 0 aromatic heterocycles. The minimum atomic E-state index is -0.671. The van der Waals surface area contributed by atoms with Crippen LogP contribution in [-0.4, -0.2) is 30.1 Å². The maximum atomic E-state index is 11.8. The molecular weight excluding hydrogens is 256 g/mol. The van der Waals surface area contributed by atoms with Crippen LogP contribution in [0, 0.1) is 19.8 Å². The molecule has 1 aromatic carbocycles. The van der Waals surface area contributed by atoms with E-state index in [1.807, 2.05) is 32.9 Å². The topological polar surface area (TPSA) is 78.4 Å². The van der Waals surface area contributed by atoms with Gasteiger partial charge in [0.05, 0.1) is 0 Å². The summed E-state index contributed by atoms with van der Waals surface area (Å²) >= 11 is 0. The van der Waals surface area contributed by atoms with Crippen molar-refractivity contribution in [2.45, 2.75) is 27.2 Å². The van der Waals surface area contributed by atoms with Gasteiger partial charge in [0.25, 0.3) is 0 Å². The Bertz CT molecular complexity index is 486. The number of hydrogen-bond acceptors (Lipinski definition) is 3. The van der Waals surface area contributed by atoms with Gasteiger partial charge in [-0.3, -0.25) is 9.59 Å². The minimum absolute atomic E-state index is 0.0751. The number of aryl methyl sites for hydroxylation is 1. The summed E-state index contributed by atoms with van der Waals surface area (Å²) in [5.74, 6) is -1.19.